The fourth-order valence-corrected chi connectivity index (χ4v) is 3.90. The van der Waals surface area contributed by atoms with Gasteiger partial charge >= 0.3 is 0 Å². The van der Waals surface area contributed by atoms with Crippen LogP contribution in [0.3, 0.4) is 0 Å². The van der Waals surface area contributed by atoms with Gasteiger partial charge in [-0.15, -0.1) is 0 Å². The van der Waals surface area contributed by atoms with E-state index >= 15 is 0 Å². The average Bonchev–Trinajstić information content (AvgIpc) is 3.32. The van der Waals surface area contributed by atoms with Gasteiger partial charge in [0.1, 0.15) is 11.5 Å². The molecule has 6 nitrogen and oxygen atoms in total. The number of carbonyl (C=O) groups excluding carboxylic acids is 2. The lowest BCUT2D eigenvalue weighted by atomic mass is 10.2. The lowest BCUT2D eigenvalue weighted by Gasteiger charge is -2.02. The first-order chi connectivity index (χ1) is 14.9. The normalized spacial score (nSPS) is 16.0. The lowest BCUT2D eigenvalue weighted by Crippen LogP contribution is -2.19. The fraction of sp³-hybridized carbons (Fsp3) is 0.0455. The maximum absolute atomic E-state index is 12.3. The average molecular weight is 472 g/mol. The standard InChI is InChI=1S/C22H15Cl2N3O3S/c1-12(28)25-14-3-5-15(6-4-14)26-22-27-21(29)20(31-22)11-16-7-9-19(30-16)13-2-8-17(23)18(24)10-13/h2-11H,1H3,(H,25,28)(H,26,27,29). The second kappa shape index (κ2) is 9.01. The first kappa shape index (κ1) is 21.2. The summed E-state index contributed by atoms with van der Waals surface area (Å²) in [6.07, 6.45) is 1.66. The number of furan rings is 1. The second-order valence-corrected chi connectivity index (χ2v) is 8.39. The Morgan fingerprint density at radius 2 is 1.87 bits per heavy atom. The van der Waals surface area contributed by atoms with Crippen LogP contribution in [0.4, 0.5) is 11.4 Å². The number of thioether (sulfide) groups is 1. The van der Waals surface area contributed by atoms with E-state index in [1.54, 1.807) is 54.6 Å². The number of rotatable bonds is 4. The van der Waals surface area contributed by atoms with Crippen LogP contribution in [0, 0.1) is 0 Å². The van der Waals surface area contributed by atoms with Crippen LogP contribution in [0.1, 0.15) is 12.7 Å². The Kier molecular flexibility index (Phi) is 6.18. The van der Waals surface area contributed by atoms with Crippen LogP contribution < -0.4 is 10.6 Å². The molecule has 31 heavy (non-hydrogen) atoms. The third kappa shape index (κ3) is 5.19. The van der Waals surface area contributed by atoms with E-state index < -0.39 is 0 Å². The van der Waals surface area contributed by atoms with Gasteiger partial charge in [-0.1, -0.05) is 23.2 Å². The Balaban J connectivity index is 1.49. The van der Waals surface area contributed by atoms with Crippen molar-refractivity contribution in [2.24, 2.45) is 4.99 Å². The van der Waals surface area contributed by atoms with Gasteiger partial charge in [0.2, 0.25) is 5.91 Å². The Morgan fingerprint density at radius 1 is 1.10 bits per heavy atom. The molecule has 9 heteroatoms. The zero-order chi connectivity index (χ0) is 22.0. The molecule has 1 aliphatic rings. The largest absolute Gasteiger partial charge is 0.457 e. The molecule has 1 aromatic heterocycles. The van der Waals surface area contributed by atoms with Gasteiger partial charge in [0.15, 0.2) is 5.17 Å². The third-order valence-corrected chi connectivity index (χ3v) is 5.82. The van der Waals surface area contributed by atoms with Crippen LogP contribution in [0.25, 0.3) is 17.4 Å². The van der Waals surface area contributed by atoms with Gasteiger partial charge in [-0.25, -0.2) is 4.99 Å². The zero-order valence-electron chi connectivity index (χ0n) is 16.1. The molecule has 0 aliphatic carbocycles. The monoisotopic (exact) mass is 471 g/mol. The summed E-state index contributed by atoms with van der Waals surface area (Å²) < 4.78 is 5.83. The van der Waals surface area contributed by atoms with Gasteiger partial charge in [-0.2, -0.15) is 0 Å². The molecule has 1 saturated heterocycles. The minimum absolute atomic E-state index is 0.146. The van der Waals surface area contributed by atoms with Crippen LogP contribution in [-0.2, 0) is 9.59 Å². The van der Waals surface area contributed by atoms with E-state index in [1.807, 2.05) is 6.07 Å². The summed E-state index contributed by atoms with van der Waals surface area (Å²) in [5.74, 6) is 0.736. The minimum Gasteiger partial charge on any atom is -0.457 e. The number of amidine groups is 1. The third-order valence-electron chi connectivity index (χ3n) is 4.17. The van der Waals surface area contributed by atoms with E-state index in [2.05, 4.69) is 15.6 Å². The van der Waals surface area contributed by atoms with Crippen molar-refractivity contribution in [2.75, 3.05) is 5.32 Å². The number of aliphatic imine (C=N–C) groups is 1. The summed E-state index contributed by atoms with van der Waals surface area (Å²) in [7, 11) is 0. The summed E-state index contributed by atoms with van der Waals surface area (Å²) in [6.45, 7) is 1.44. The van der Waals surface area contributed by atoms with Crippen molar-refractivity contribution in [3.8, 4) is 11.3 Å². The van der Waals surface area contributed by atoms with E-state index in [9.17, 15) is 9.59 Å². The van der Waals surface area contributed by atoms with Gasteiger partial charge in [0.05, 0.1) is 20.6 Å². The molecule has 156 valence electrons. The van der Waals surface area contributed by atoms with E-state index in [0.29, 0.717) is 43.0 Å². The van der Waals surface area contributed by atoms with Crippen molar-refractivity contribution in [3.63, 3.8) is 0 Å². The lowest BCUT2D eigenvalue weighted by molar-refractivity contribution is -0.115. The predicted molar refractivity (Wildman–Crippen MR) is 126 cm³/mol. The Hall–Kier alpha value is -3.00. The first-order valence-electron chi connectivity index (χ1n) is 9.10. The summed E-state index contributed by atoms with van der Waals surface area (Å²) in [5.41, 5.74) is 2.11. The van der Waals surface area contributed by atoms with Crippen LogP contribution in [0.5, 0.6) is 0 Å². The molecule has 0 bridgehead atoms. The number of nitrogens with one attached hydrogen (secondary N) is 2. The SMILES string of the molecule is CC(=O)Nc1ccc(N=C2NC(=O)C(=Cc3ccc(-c4ccc(Cl)c(Cl)c4)o3)S2)cc1. The minimum atomic E-state index is -0.258. The number of nitrogens with zero attached hydrogens (tertiary/aromatic N) is 1. The molecule has 1 aliphatic heterocycles. The van der Waals surface area contributed by atoms with E-state index in [-0.39, 0.29) is 11.8 Å². The number of halogens is 2. The number of hydrogen-bond donors (Lipinski definition) is 2. The summed E-state index contributed by atoms with van der Waals surface area (Å²) in [6, 6.07) is 15.8. The topological polar surface area (TPSA) is 83.7 Å². The number of benzene rings is 2. The summed E-state index contributed by atoms with van der Waals surface area (Å²) >= 11 is 13.2. The van der Waals surface area contributed by atoms with Crippen LogP contribution in [0.2, 0.25) is 10.0 Å². The molecule has 4 rings (SSSR count). The molecule has 0 unspecified atom stereocenters. The molecule has 2 aromatic carbocycles. The molecular weight excluding hydrogens is 457 g/mol. The van der Waals surface area contributed by atoms with E-state index in [1.165, 1.54) is 18.7 Å². The first-order valence-corrected chi connectivity index (χ1v) is 10.7. The molecular formula is C22H15Cl2N3O3S. The van der Waals surface area contributed by atoms with Crippen LogP contribution in [-0.4, -0.2) is 17.0 Å². The summed E-state index contributed by atoms with van der Waals surface area (Å²) in [4.78, 5) is 28.3. The number of amides is 2. The molecule has 1 fully saturated rings. The highest BCUT2D eigenvalue weighted by Gasteiger charge is 2.24. The fourth-order valence-electron chi connectivity index (χ4n) is 2.78. The molecule has 2 N–H and O–H groups in total. The quantitative estimate of drug-likeness (QED) is 0.450. The highest BCUT2D eigenvalue weighted by molar-refractivity contribution is 8.18. The Morgan fingerprint density at radius 3 is 2.58 bits per heavy atom. The molecule has 0 atom stereocenters. The van der Waals surface area contributed by atoms with Crippen molar-refractivity contribution >= 4 is 69.4 Å². The van der Waals surface area contributed by atoms with Gasteiger partial charge in [-0.05, 0) is 66.4 Å². The maximum Gasteiger partial charge on any atom is 0.264 e. The summed E-state index contributed by atoms with van der Waals surface area (Å²) in [5, 5.41) is 6.79. The molecule has 2 amide bonds. The molecule has 0 radical (unpaired) electrons. The highest BCUT2D eigenvalue weighted by atomic mass is 35.5. The van der Waals surface area contributed by atoms with Gasteiger partial charge in [-0.3, -0.25) is 9.59 Å². The zero-order valence-corrected chi connectivity index (χ0v) is 18.4. The van der Waals surface area contributed by atoms with Gasteiger partial charge in [0, 0.05) is 24.3 Å². The Labute approximate surface area is 192 Å². The molecule has 0 saturated carbocycles. The van der Waals surface area contributed by atoms with Crippen molar-refractivity contribution in [1.29, 1.82) is 0 Å². The van der Waals surface area contributed by atoms with Crippen molar-refractivity contribution in [2.45, 2.75) is 6.92 Å². The van der Waals surface area contributed by atoms with Crippen LogP contribution in [0.15, 0.2) is 68.9 Å². The van der Waals surface area contributed by atoms with Crippen LogP contribution >= 0.6 is 35.0 Å². The molecule has 2 heterocycles. The van der Waals surface area contributed by atoms with E-state index in [0.717, 1.165) is 5.56 Å². The number of carbonyl (C=O) groups is 2. The maximum atomic E-state index is 12.3. The van der Waals surface area contributed by atoms with E-state index in [4.69, 9.17) is 27.6 Å². The Bertz CT molecular complexity index is 1230. The number of hydrogen-bond acceptors (Lipinski definition) is 5. The van der Waals surface area contributed by atoms with Crippen molar-refractivity contribution in [1.82, 2.24) is 5.32 Å². The predicted octanol–water partition coefficient (Wildman–Crippen LogP) is 6.10. The molecule has 0 spiro atoms. The van der Waals surface area contributed by atoms with Gasteiger partial charge in [0.25, 0.3) is 5.91 Å². The van der Waals surface area contributed by atoms with Gasteiger partial charge < -0.3 is 15.1 Å². The highest BCUT2D eigenvalue weighted by Crippen LogP contribution is 2.32. The van der Waals surface area contributed by atoms with Crippen molar-refractivity contribution < 1.29 is 14.0 Å². The van der Waals surface area contributed by atoms with Crippen molar-refractivity contribution in [3.05, 3.63) is 75.3 Å². The second-order valence-electron chi connectivity index (χ2n) is 6.54. The molecule has 3 aromatic rings. The smallest absolute Gasteiger partial charge is 0.264 e. The number of anilines is 1.